The summed E-state index contributed by atoms with van der Waals surface area (Å²) < 4.78 is 0. The van der Waals surface area contributed by atoms with Crippen molar-refractivity contribution in [3.05, 3.63) is 45.5 Å². The van der Waals surface area contributed by atoms with Gasteiger partial charge in [0.15, 0.2) is 5.78 Å². The summed E-state index contributed by atoms with van der Waals surface area (Å²) in [7, 11) is 0. The predicted molar refractivity (Wildman–Crippen MR) is 59.8 cm³/mol. The lowest BCUT2D eigenvalue weighted by Crippen LogP contribution is -1.97. The van der Waals surface area contributed by atoms with Crippen molar-refractivity contribution in [2.24, 2.45) is 0 Å². The third kappa shape index (κ3) is 3.23. The largest absolute Gasteiger partial charge is 0.478 e. The van der Waals surface area contributed by atoms with E-state index in [-0.39, 0.29) is 22.6 Å². The molecule has 0 fully saturated rings. The van der Waals surface area contributed by atoms with Crippen molar-refractivity contribution in [2.75, 3.05) is 0 Å². The number of rotatable bonds is 4. The molecular weight excluding hydrogens is 226 g/mol. The van der Waals surface area contributed by atoms with Gasteiger partial charge in [-0.05, 0) is 19.1 Å². The Morgan fingerprint density at radius 2 is 2.06 bits per heavy atom. The number of aliphatic carboxylic acids is 1. The molecule has 6 heteroatoms. The number of Topliss-reactive ketones (excluding diaryl/α,β-unsaturated/α-hetero) is 1. The molecule has 0 saturated carbocycles. The first-order valence-corrected chi connectivity index (χ1v) is 4.62. The number of carbonyl (C=O) groups is 2. The first-order valence-electron chi connectivity index (χ1n) is 4.62. The summed E-state index contributed by atoms with van der Waals surface area (Å²) in [6.07, 6.45) is 1.92. The molecule has 0 aliphatic carbocycles. The first kappa shape index (κ1) is 12.6. The molecule has 0 atom stereocenters. The molecule has 1 N–H and O–H groups in total. The average Bonchev–Trinajstić information content (AvgIpc) is 2.25. The highest BCUT2D eigenvalue weighted by Crippen LogP contribution is 2.22. The molecule has 1 rings (SSSR count). The number of carboxylic acids is 1. The number of carbonyl (C=O) groups excluding carboxylic acids is 1. The average molecular weight is 235 g/mol. The minimum Gasteiger partial charge on any atom is -0.478 e. The number of nitrogens with zero attached hydrogens (tertiary/aromatic N) is 1. The Kier molecular flexibility index (Phi) is 3.71. The van der Waals surface area contributed by atoms with Crippen LogP contribution in [0.15, 0.2) is 24.3 Å². The van der Waals surface area contributed by atoms with Crippen LogP contribution in [0.5, 0.6) is 0 Å². The number of benzene rings is 1. The van der Waals surface area contributed by atoms with Crippen molar-refractivity contribution in [2.45, 2.75) is 6.92 Å². The van der Waals surface area contributed by atoms with E-state index in [1.807, 2.05) is 0 Å². The fourth-order valence-corrected chi connectivity index (χ4v) is 1.22. The Bertz CT molecular complexity index is 519. The lowest BCUT2D eigenvalue weighted by molar-refractivity contribution is -0.385. The van der Waals surface area contributed by atoms with Gasteiger partial charge in [-0.25, -0.2) is 4.79 Å². The molecule has 0 unspecified atom stereocenters. The van der Waals surface area contributed by atoms with E-state index in [1.165, 1.54) is 19.1 Å². The Morgan fingerprint density at radius 3 is 2.53 bits per heavy atom. The SMILES string of the molecule is CC(=O)c1ccc(/C=C/C(=O)O)c([N+](=O)[O-])c1. The van der Waals surface area contributed by atoms with E-state index in [0.29, 0.717) is 0 Å². The fraction of sp³-hybridized carbons (Fsp3) is 0.0909. The zero-order chi connectivity index (χ0) is 13.0. The smallest absolute Gasteiger partial charge is 0.328 e. The second-order valence-corrected chi connectivity index (χ2v) is 3.26. The zero-order valence-electron chi connectivity index (χ0n) is 8.91. The monoisotopic (exact) mass is 235 g/mol. The highest BCUT2D eigenvalue weighted by atomic mass is 16.6. The van der Waals surface area contributed by atoms with Gasteiger partial charge in [-0.1, -0.05) is 6.07 Å². The van der Waals surface area contributed by atoms with Gasteiger partial charge in [0, 0.05) is 17.7 Å². The molecule has 0 saturated heterocycles. The van der Waals surface area contributed by atoms with Crippen molar-refractivity contribution >= 4 is 23.5 Å². The number of hydrogen-bond donors (Lipinski definition) is 1. The fourth-order valence-electron chi connectivity index (χ4n) is 1.22. The van der Waals surface area contributed by atoms with Crippen molar-refractivity contribution in [3.8, 4) is 0 Å². The van der Waals surface area contributed by atoms with Crippen molar-refractivity contribution in [1.29, 1.82) is 0 Å². The van der Waals surface area contributed by atoms with Crippen LogP contribution in [0.1, 0.15) is 22.8 Å². The van der Waals surface area contributed by atoms with Crippen molar-refractivity contribution in [1.82, 2.24) is 0 Å². The molecule has 0 aliphatic heterocycles. The highest BCUT2D eigenvalue weighted by molar-refractivity contribution is 5.95. The minimum atomic E-state index is -1.20. The topological polar surface area (TPSA) is 97.5 Å². The molecule has 0 heterocycles. The summed E-state index contributed by atoms with van der Waals surface area (Å²) in [5.41, 5.74) is 0.0572. The van der Waals surface area contributed by atoms with Crippen LogP contribution in [0.2, 0.25) is 0 Å². The predicted octanol–water partition coefficient (Wildman–Crippen LogP) is 1.90. The Morgan fingerprint density at radius 1 is 1.41 bits per heavy atom. The van der Waals surface area contributed by atoms with Gasteiger partial charge >= 0.3 is 5.97 Å². The van der Waals surface area contributed by atoms with Crippen molar-refractivity contribution < 1.29 is 19.6 Å². The van der Waals surface area contributed by atoms with E-state index >= 15 is 0 Å². The third-order valence-corrected chi connectivity index (χ3v) is 2.04. The van der Waals surface area contributed by atoms with Gasteiger partial charge in [0.05, 0.1) is 10.5 Å². The van der Waals surface area contributed by atoms with Gasteiger partial charge in [-0.3, -0.25) is 14.9 Å². The summed E-state index contributed by atoms with van der Waals surface area (Å²) in [6, 6.07) is 3.88. The molecular formula is C11H9NO5. The Hall–Kier alpha value is -2.50. The van der Waals surface area contributed by atoms with Gasteiger partial charge in [-0.15, -0.1) is 0 Å². The van der Waals surface area contributed by atoms with Gasteiger partial charge in [0.2, 0.25) is 0 Å². The van der Waals surface area contributed by atoms with Gasteiger partial charge in [-0.2, -0.15) is 0 Å². The third-order valence-electron chi connectivity index (χ3n) is 2.04. The van der Waals surface area contributed by atoms with Crippen LogP contribution in [0.4, 0.5) is 5.69 Å². The molecule has 0 amide bonds. The quantitative estimate of drug-likeness (QED) is 0.372. The van der Waals surface area contributed by atoms with E-state index in [0.717, 1.165) is 18.2 Å². The van der Waals surface area contributed by atoms with E-state index < -0.39 is 10.9 Å². The molecule has 6 nitrogen and oxygen atoms in total. The molecule has 1 aromatic carbocycles. The van der Waals surface area contributed by atoms with Crippen LogP contribution < -0.4 is 0 Å². The molecule has 88 valence electrons. The second kappa shape index (κ2) is 5.02. The molecule has 17 heavy (non-hydrogen) atoms. The van der Waals surface area contributed by atoms with E-state index in [1.54, 1.807) is 0 Å². The summed E-state index contributed by atoms with van der Waals surface area (Å²) in [6.45, 7) is 1.30. The van der Waals surface area contributed by atoms with E-state index in [9.17, 15) is 19.7 Å². The molecule has 0 aliphatic rings. The number of ketones is 1. The van der Waals surface area contributed by atoms with Crippen LogP contribution in [0.25, 0.3) is 6.08 Å². The van der Waals surface area contributed by atoms with Crippen LogP contribution in [0.3, 0.4) is 0 Å². The minimum absolute atomic E-state index is 0.141. The van der Waals surface area contributed by atoms with Crippen LogP contribution >= 0.6 is 0 Å². The van der Waals surface area contributed by atoms with Gasteiger partial charge in [0.25, 0.3) is 5.69 Å². The molecule has 0 radical (unpaired) electrons. The number of nitro groups is 1. The Labute approximate surface area is 96.3 Å². The second-order valence-electron chi connectivity index (χ2n) is 3.26. The maximum atomic E-state index is 11.1. The maximum Gasteiger partial charge on any atom is 0.328 e. The molecule has 1 aromatic rings. The van der Waals surface area contributed by atoms with Gasteiger partial charge < -0.3 is 5.11 Å². The zero-order valence-corrected chi connectivity index (χ0v) is 8.91. The standard InChI is InChI=1S/C11H9NO5/c1-7(13)9-3-2-8(4-5-11(14)15)10(6-9)12(16)17/h2-6H,1H3,(H,14,15)/b5-4+. The summed E-state index contributed by atoms with van der Waals surface area (Å²) >= 11 is 0. The number of hydrogen-bond acceptors (Lipinski definition) is 4. The number of nitro benzene ring substituents is 1. The highest BCUT2D eigenvalue weighted by Gasteiger charge is 2.14. The maximum absolute atomic E-state index is 11.1. The Balaban J connectivity index is 3.27. The number of carboxylic acid groups (broad SMARTS) is 1. The molecule has 0 bridgehead atoms. The van der Waals surface area contributed by atoms with Gasteiger partial charge in [0.1, 0.15) is 0 Å². The normalized spacial score (nSPS) is 10.4. The first-order chi connectivity index (χ1) is 7.91. The van der Waals surface area contributed by atoms with Crippen LogP contribution in [-0.4, -0.2) is 21.8 Å². The van der Waals surface area contributed by atoms with Crippen LogP contribution in [-0.2, 0) is 4.79 Å². The molecule has 0 spiro atoms. The summed E-state index contributed by atoms with van der Waals surface area (Å²) in [5.74, 6) is -1.49. The summed E-state index contributed by atoms with van der Waals surface area (Å²) in [5, 5.41) is 19.2. The lowest BCUT2D eigenvalue weighted by Gasteiger charge is -1.99. The van der Waals surface area contributed by atoms with Crippen molar-refractivity contribution in [3.63, 3.8) is 0 Å². The molecule has 0 aromatic heterocycles. The van der Waals surface area contributed by atoms with Crippen LogP contribution in [0, 0.1) is 10.1 Å². The van der Waals surface area contributed by atoms with E-state index in [4.69, 9.17) is 5.11 Å². The lowest BCUT2D eigenvalue weighted by atomic mass is 10.1. The van der Waals surface area contributed by atoms with E-state index in [2.05, 4.69) is 0 Å². The summed E-state index contributed by atoms with van der Waals surface area (Å²) in [4.78, 5) is 31.5.